The third-order valence-corrected chi connectivity index (χ3v) is 10.0. The molecule has 0 radical (unpaired) electrons. The number of piperidine rings is 1. The van der Waals surface area contributed by atoms with Crippen molar-refractivity contribution in [2.24, 2.45) is 34.5 Å². The maximum Gasteiger partial charge on any atom is 0.471 e. The predicted octanol–water partition coefficient (Wildman–Crippen LogP) is 1.63. The zero-order valence-corrected chi connectivity index (χ0v) is 21.6. The van der Waals surface area contributed by atoms with E-state index in [2.05, 4.69) is 10.6 Å². The second-order valence-electron chi connectivity index (χ2n) is 12.6. The van der Waals surface area contributed by atoms with Gasteiger partial charge < -0.3 is 20.9 Å². The average Bonchev–Trinajstić information content (AvgIpc) is 3.14. The Bertz CT molecular complexity index is 1070. The monoisotopic (exact) mass is 537 g/mol. The summed E-state index contributed by atoms with van der Waals surface area (Å²) in [6, 6.07) is -1.24. The van der Waals surface area contributed by atoms with Crippen LogP contribution < -0.4 is 16.0 Å². The second kappa shape index (κ2) is 9.12. The topological polar surface area (TPSA) is 131 Å². The molecule has 2 aliphatic heterocycles. The molecule has 6 atom stereocenters. The van der Waals surface area contributed by atoms with E-state index in [1.807, 2.05) is 25.2 Å². The number of hydrogen-bond donors (Lipinski definition) is 3. The molecule has 0 aromatic rings. The van der Waals surface area contributed by atoms with Crippen LogP contribution in [-0.2, 0) is 19.2 Å². The minimum atomic E-state index is -5.13. The van der Waals surface area contributed by atoms with Crippen molar-refractivity contribution in [1.29, 1.82) is 5.26 Å². The Morgan fingerprint density at radius 3 is 2.42 bits per heavy atom. The van der Waals surface area contributed by atoms with E-state index in [0.717, 1.165) is 19.3 Å². The van der Waals surface area contributed by atoms with Gasteiger partial charge in [0.2, 0.25) is 17.7 Å². The number of amides is 4. The molecule has 1 unspecified atom stereocenters. The normalized spacial score (nSPS) is 33.6. The first-order valence-electron chi connectivity index (χ1n) is 13.4. The molecular weight excluding hydrogens is 503 g/mol. The molecule has 5 rings (SSSR count). The van der Waals surface area contributed by atoms with Gasteiger partial charge in [-0.1, -0.05) is 20.3 Å². The Morgan fingerprint density at radius 1 is 1.21 bits per heavy atom. The number of carbonyl (C=O) groups excluding carboxylic acids is 4. The van der Waals surface area contributed by atoms with Crippen LogP contribution in [-0.4, -0.2) is 65.9 Å². The maximum absolute atomic E-state index is 13.8. The van der Waals surface area contributed by atoms with Crippen molar-refractivity contribution >= 4 is 23.6 Å². The van der Waals surface area contributed by atoms with Gasteiger partial charge in [0, 0.05) is 19.0 Å². The molecule has 208 valence electrons. The molecule has 4 amide bonds. The highest BCUT2D eigenvalue weighted by Gasteiger charge is 2.70. The lowest BCUT2D eigenvalue weighted by molar-refractivity contribution is -0.177. The molecule has 3 aliphatic carbocycles. The zero-order chi connectivity index (χ0) is 27.6. The fraction of sp³-hybridized carbons (Fsp3) is 0.808. The van der Waals surface area contributed by atoms with Gasteiger partial charge in [-0.05, 0) is 67.1 Å². The number of carbonyl (C=O) groups is 4. The highest BCUT2D eigenvalue weighted by atomic mass is 19.4. The van der Waals surface area contributed by atoms with Crippen LogP contribution >= 0.6 is 0 Å². The van der Waals surface area contributed by atoms with Gasteiger partial charge in [-0.3, -0.25) is 19.2 Å². The van der Waals surface area contributed by atoms with Crippen LogP contribution in [0.5, 0.6) is 0 Å². The van der Waals surface area contributed by atoms with Crippen molar-refractivity contribution in [2.75, 3.05) is 13.1 Å². The van der Waals surface area contributed by atoms with Gasteiger partial charge >= 0.3 is 12.1 Å². The van der Waals surface area contributed by atoms with Crippen LogP contribution in [0.25, 0.3) is 0 Å². The lowest BCUT2D eigenvalue weighted by atomic mass is 9.50. The SMILES string of the molecule is CC1(C)[C@@H]2[C@@H](C(=O)N[C@H](C#N)C[C@@H]3CCNC3=O)N(C(=O)C(NC(=O)C(F)(F)F)C3CC4(CCC4)C3)C[C@@H]21. The molecule has 5 fully saturated rings. The molecular formula is C26H34F3N5O4. The zero-order valence-electron chi connectivity index (χ0n) is 21.6. The van der Waals surface area contributed by atoms with E-state index in [4.69, 9.17) is 0 Å². The van der Waals surface area contributed by atoms with E-state index in [9.17, 15) is 37.6 Å². The summed E-state index contributed by atoms with van der Waals surface area (Å²) >= 11 is 0. The number of fused-ring (bicyclic) bond motifs is 1. The molecule has 0 aromatic carbocycles. The number of hydrogen-bond acceptors (Lipinski definition) is 5. The number of nitrogens with one attached hydrogen (secondary N) is 3. The molecule has 2 saturated heterocycles. The minimum absolute atomic E-state index is 0.0123. The average molecular weight is 538 g/mol. The molecule has 2 heterocycles. The van der Waals surface area contributed by atoms with Gasteiger partial charge in [-0.15, -0.1) is 0 Å². The van der Waals surface area contributed by atoms with Crippen LogP contribution in [0.1, 0.15) is 58.8 Å². The van der Waals surface area contributed by atoms with Crippen LogP contribution in [0.15, 0.2) is 0 Å². The Balaban J connectivity index is 1.33. The maximum atomic E-state index is 13.8. The van der Waals surface area contributed by atoms with Crippen molar-refractivity contribution in [3.63, 3.8) is 0 Å². The fourth-order valence-electron chi connectivity index (χ4n) is 7.52. The van der Waals surface area contributed by atoms with Gasteiger partial charge in [0.05, 0.1) is 6.07 Å². The van der Waals surface area contributed by atoms with E-state index in [1.165, 1.54) is 4.90 Å². The van der Waals surface area contributed by atoms with Crippen molar-refractivity contribution in [3.05, 3.63) is 0 Å². The van der Waals surface area contributed by atoms with Gasteiger partial charge in [-0.2, -0.15) is 18.4 Å². The Hall–Kier alpha value is -2.84. The molecule has 1 spiro atoms. The third-order valence-electron chi connectivity index (χ3n) is 10.0. The largest absolute Gasteiger partial charge is 0.471 e. The summed E-state index contributed by atoms with van der Waals surface area (Å²) in [5.74, 6) is -4.59. The standard InChI is InChI=1S/C26H34F3N5O4/c1-24(2)16-12-34(19(17(16)24)21(36)32-15(11-30)8-13-4-7-31-20(13)35)22(37)18(33-23(38)26(27,28)29)14-9-25(10-14)5-3-6-25/h13-19H,3-10,12H2,1-2H3,(H,31,35)(H,32,36)(H,33,38)/t13-,15-,16-,17-,18?,19-/m0/s1. The molecule has 12 heteroatoms. The molecule has 9 nitrogen and oxygen atoms in total. The highest BCUT2D eigenvalue weighted by molar-refractivity contribution is 5.95. The van der Waals surface area contributed by atoms with Crippen molar-refractivity contribution in [1.82, 2.24) is 20.9 Å². The molecule has 0 bridgehead atoms. The summed E-state index contributed by atoms with van der Waals surface area (Å²) in [4.78, 5) is 52.4. The van der Waals surface area contributed by atoms with Crippen LogP contribution in [0, 0.1) is 45.8 Å². The first-order chi connectivity index (χ1) is 17.8. The Labute approximate surface area is 219 Å². The van der Waals surface area contributed by atoms with E-state index >= 15 is 0 Å². The third kappa shape index (κ3) is 4.51. The smallest absolute Gasteiger partial charge is 0.356 e. The number of rotatable bonds is 7. The second-order valence-corrected chi connectivity index (χ2v) is 12.6. The molecule has 0 aromatic heterocycles. The summed E-state index contributed by atoms with van der Waals surface area (Å²) in [7, 11) is 0. The number of nitriles is 1. The molecule has 38 heavy (non-hydrogen) atoms. The number of alkyl halides is 3. The van der Waals surface area contributed by atoms with Crippen LogP contribution in [0.3, 0.4) is 0 Å². The van der Waals surface area contributed by atoms with E-state index in [0.29, 0.717) is 25.8 Å². The number of nitrogens with zero attached hydrogens (tertiary/aromatic N) is 2. The summed E-state index contributed by atoms with van der Waals surface area (Å²) < 4.78 is 39.5. The van der Waals surface area contributed by atoms with Gasteiger partial charge in [-0.25, -0.2) is 0 Å². The van der Waals surface area contributed by atoms with Crippen LogP contribution in [0.2, 0.25) is 0 Å². The summed E-state index contributed by atoms with van der Waals surface area (Å²) in [5.41, 5.74) is -0.186. The van der Waals surface area contributed by atoms with Gasteiger partial charge in [0.25, 0.3) is 0 Å². The van der Waals surface area contributed by atoms with Crippen molar-refractivity contribution in [2.45, 2.75) is 83.1 Å². The quantitative estimate of drug-likeness (QED) is 0.454. The summed E-state index contributed by atoms with van der Waals surface area (Å²) in [5, 5.41) is 17.0. The van der Waals surface area contributed by atoms with E-state index in [-0.39, 0.29) is 41.5 Å². The van der Waals surface area contributed by atoms with Gasteiger partial charge in [0.1, 0.15) is 18.1 Å². The highest BCUT2D eigenvalue weighted by Crippen LogP contribution is 2.65. The summed E-state index contributed by atoms with van der Waals surface area (Å²) in [6.45, 7) is 4.66. The Kier molecular flexibility index (Phi) is 6.42. The van der Waals surface area contributed by atoms with E-state index < -0.39 is 53.9 Å². The van der Waals surface area contributed by atoms with Crippen molar-refractivity contribution < 1.29 is 32.3 Å². The predicted molar refractivity (Wildman–Crippen MR) is 127 cm³/mol. The Morgan fingerprint density at radius 2 is 1.89 bits per heavy atom. The molecule has 3 saturated carbocycles. The first kappa shape index (κ1) is 26.8. The molecule has 3 N–H and O–H groups in total. The number of likely N-dealkylation sites (tertiary alicyclic amines) is 1. The van der Waals surface area contributed by atoms with Crippen molar-refractivity contribution in [3.8, 4) is 6.07 Å². The fourth-order valence-corrected chi connectivity index (χ4v) is 7.52. The number of halogens is 3. The van der Waals surface area contributed by atoms with E-state index in [1.54, 1.807) is 0 Å². The minimum Gasteiger partial charge on any atom is -0.356 e. The molecule has 5 aliphatic rings. The van der Waals surface area contributed by atoms with Gasteiger partial charge in [0.15, 0.2) is 0 Å². The van der Waals surface area contributed by atoms with Crippen LogP contribution in [0.4, 0.5) is 13.2 Å². The lowest BCUT2D eigenvalue weighted by Crippen LogP contribution is -2.62. The summed E-state index contributed by atoms with van der Waals surface area (Å²) in [6.07, 6.45) is -0.291. The first-order valence-corrected chi connectivity index (χ1v) is 13.4. The lowest BCUT2D eigenvalue weighted by Gasteiger charge is -2.56.